The summed E-state index contributed by atoms with van der Waals surface area (Å²) in [5.41, 5.74) is -0.172. The number of rotatable bonds is 1. The molecule has 0 amide bonds. The second-order valence-corrected chi connectivity index (χ2v) is 3.57. The van der Waals surface area contributed by atoms with Gasteiger partial charge in [-0.15, -0.1) is 0 Å². The van der Waals surface area contributed by atoms with Crippen molar-refractivity contribution in [3.63, 3.8) is 0 Å². The average molecular weight is 126 g/mol. The first-order valence-electron chi connectivity index (χ1n) is 3.99. The lowest BCUT2D eigenvalue weighted by Gasteiger charge is -2.60. The van der Waals surface area contributed by atoms with Crippen molar-refractivity contribution in [2.75, 3.05) is 0 Å². The second kappa shape index (κ2) is 1.51. The summed E-state index contributed by atoms with van der Waals surface area (Å²) in [6.45, 7) is 2.18. The maximum absolute atomic E-state index is 9.73. The minimum absolute atomic E-state index is 0.172. The lowest BCUT2D eigenvalue weighted by molar-refractivity contribution is -0.217. The molecule has 0 heterocycles. The Morgan fingerprint density at radius 2 is 2.44 bits per heavy atom. The van der Waals surface area contributed by atoms with E-state index in [0.717, 1.165) is 6.42 Å². The number of fused-ring (bicyclic) bond motifs is 1. The van der Waals surface area contributed by atoms with Gasteiger partial charge >= 0.3 is 0 Å². The van der Waals surface area contributed by atoms with E-state index in [1.165, 1.54) is 19.3 Å². The van der Waals surface area contributed by atoms with Crippen LogP contribution in [0.3, 0.4) is 0 Å². The molecule has 1 N–H and O–H groups in total. The summed E-state index contributed by atoms with van der Waals surface area (Å²) in [6, 6.07) is 0. The maximum atomic E-state index is 9.73. The Morgan fingerprint density at radius 1 is 1.67 bits per heavy atom. The van der Waals surface area contributed by atoms with E-state index in [4.69, 9.17) is 0 Å². The zero-order valence-corrected chi connectivity index (χ0v) is 5.93. The number of aliphatic hydroxyl groups is 1. The van der Waals surface area contributed by atoms with E-state index in [1.807, 2.05) is 0 Å². The molecule has 52 valence electrons. The monoisotopic (exact) mass is 126 g/mol. The van der Waals surface area contributed by atoms with Crippen LogP contribution in [0.5, 0.6) is 0 Å². The molecule has 2 aliphatic carbocycles. The Morgan fingerprint density at radius 3 is 2.56 bits per heavy atom. The Kier molecular flexibility index (Phi) is 0.963. The van der Waals surface area contributed by atoms with Crippen molar-refractivity contribution in [3.05, 3.63) is 0 Å². The van der Waals surface area contributed by atoms with E-state index in [0.29, 0.717) is 11.8 Å². The van der Waals surface area contributed by atoms with Crippen LogP contribution in [0.15, 0.2) is 0 Å². The Hall–Kier alpha value is -0.0400. The van der Waals surface area contributed by atoms with Gasteiger partial charge in [-0.05, 0) is 31.1 Å². The Bertz CT molecular complexity index is 133. The highest BCUT2D eigenvalue weighted by molar-refractivity contribution is 5.09. The standard InChI is InChI=1S/C8H14O/c1-2-6-5-7-3-4-8(6,7)9/h6-7,9H,2-5H2,1H3. The predicted octanol–water partition coefficient (Wildman–Crippen LogP) is 1.56. The first-order valence-corrected chi connectivity index (χ1v) is 3.99. The highest BCUT2D eigenvalue weighted by Gasteiger charge is 2.58. The SMILES string of the molecule is CCC1CC2CCC12O. The van der Waals surface area contributed by atoms with E-state index in [1.54, 1.807) is 0 Å². The predicted molar refractivity (Wildman–Crippen MR) is 36.1 cm³/mol. The summed E-state index contributed by atoms with van der Waals surface area (Å²) in [7, 11) is 0. The van der Waals surface area contributed by atoms with Gasteiger partial charge in [-0.1, -0.05) is 13.3 Å². The van der Waals surface area contributed by atoms with Crippen LogP contribution in [-0.4, -0.2) is 10.7 Å². The van der Waals surface area contributed by atoms with Crippen LogP contribution in [0, 0.1) is 11.8 Å². The minimum Gasteiger partial charge on any atom is -0.389 e. The molecule has 0 aromatic carbocycles. The topological polar surface area (TPSA) is 20.2 Å². The molecule has 0 aromatic rings. The largest absolute Gasteiger partial charge is 0.389 e. The van der Waals surface area contributed by atoms with Crippen molar-refractivity contribution in [2.24, 2.45) is 11.8 Å². The molecular weight excluding hydrogens is 112 g/mol. The molecule has 2 fully saturated rings. The third-order valence-corrected chi connectivity index (χ3v) is 3.37. The van der Waals surface area contributed by atoms with Crippen molar-refractivity contribution in [1.82, 2.24) is 0 Å². The van der Waals surface area contributed by atoms with Gasteiger partial charge in [-0.3, -0.25) is 0 Å². The van der Waals surface area contributed by atoms with E-state index in [-0.39, 0.29) is 5.60 Å². The third kappa shape index (κ3) is 0.493. The average Bonchev–Trinajstić information content (AvgIpc) is 1.88. The van der Waals surface area contributed by atoms with Crippen LogP contribution in [-0.2, 0) is 0 Å². The molecule has 0 spiro atoms. The summed E-state index contributed by atoms with van der Waals surface area (Å²) in [4.78, 5) is 0. The molecular formula is C8H14O. The first kappa shape index (κ1) is 5.72. The Labute approximate surface area is 56.1 Å². The van der Waals surface area contributed by atoms with E-state index >= 15 is 0 Å². The molecule has 0 radical (unpaired) electrons. The second-order valence-electron chi connectivity index (χ2n) is 3.57. The fourth-order valence-electron chi connectivity index (χ4n) is 2.41. The molecule has 0 bridgehead atoms. The molecule has 0 saturated heterocycles. The van der Waals surface area contributed by atoms with Gasteiger partial charge in [-0.25, -0.2) is 0 Å². The number of hydrogen-bond acceptors (Lipinski definition) is 1. The zero-order chi connectivity index (χ0) is 6.48. The van der Waals surface area contributed by atoms with Crippen LogP contribution >= 0.6 is 0 Å². The Balaban J connectivity index is 2.03. The van der Waals surface area contributed by atoms with Crippen LogP contribution in [0.2, 0.25) is 0 Å². The summed E-state index contributed by atoms with van der Waals surface area (Å²) < 4.78 is 0. The molecule has 1 heteroatoms. The minimum atomic E-state index is -0.172. The lowest BCUT2D eigenvalue weighted by Crippen LogP contribution is -2.62. The third-order valence-electron chi connectivity index (χ3n) is 3.37. The van der Waals surface area contributed by atoms with Gasteiger partial charge in [0.15, 0.2) is 0 Å². The van der Waals surface area contributed by atoms with Crippen LogP contribution < -0.4 is 0 Å². The molecule has 1 nitrogen and oxygen atoms in total. The molecule has 3 atom stereocenters. The summed E-state index contributed by atoms with van der Waals surface area (Å²) in [5, 5.41) is 9.73. The zero-order valence-electron chi connectivity index (χ0n) is 5.93. The van der Waals surface area contributed by atoms with E-state index in [2.05, 4.69) is 6.92 Å². The number of hydrogen-bond donors (Lipinski definition) is 1. The van der Waals surface area contributed by atoms with Crippen molar-refractivity contribution in [3.8, 4) is 0 Å². The molecule has 2 rings (SSSR count). The highest BCUT2D eigenvalue weighted by atomic mass is 16.3. The van der Waals surface area contributed by atoms with Gasteiger partial charge in [0.2, 0.25) is 0 Å². The van der Waals surface area contributed by atoms with Crippen molar-refractivity contribution < 1.29 is 5.11 Å². The van der Waals surface area contributed by atoms with Gasteiger partial charge in [0, 0.05) is 0 Å². The maximum Gasteiger partial charge on any atom is 0.0704 e. The van der Waals surface area contributed by atoms with Crippen molar-refractivity contribution in [1.29, 1.82) is 0 Å². The van der Waals surface area contributed by atoms with Gasteiger partial charge in [0.1, 0.15) is 0 Å². The normalized spacial score (nSPS) is 55.3. The summed E-state index contributed by atoms with van der Waals surface area (Å²) in [5.74, 6) is 1.35. The van der Waals surface area contributed by atoms with Gasteiger partial charge in [0.25, 0.3) is 0 Å². The van der Waals surface area contributed by atoms with Crippen molar-refractivity contribution >= 4 is 0 Å². The smallest absolute Gasteiger partial charge is 0.0704 e. The molecule has 0 aromatic heterocycles. The fourth-order valence-corrected chi connectivity index (χ4v) is 2.41. The van der Waals surface area contributed by atoms with Crippen LogP contribution in [0.1, 0.15) is 32.6 Å². The molecule has 2 saturated carbocycles. The van der Waals surface area contributed by atoms with Crippen molar-refractivity contribution in [2.45, 2.75) is 38.2 Å². The first-order chi connectivity index (χ1) is 4.27. The van der Waals surface area contributed by atoms with E-state index < -0.39 is 0 Å². The molecule has 0 aliphatic heterocycles. The van der Waals surface area contributed by atoms with Gasteiger partial charge in [-0.2, -0.15) is 0 Å². The summed E-state index contributed by atoms with van der Waals surface area (Å²) >= 11 is 0. The lowest BCUT2D eigenvalue weighted by atomic mass is 9.49. The van der Waals surface area contributed by atoms with Crippen LogP contribution in [0.4, 0.5) is 0 Å². The van der Waals surface area contributed by atoms with Gasteiger partial charge in [0.05, 0.1) is 5.60 Å². The van der Waals surface area contributed by atoms with Gasteiger partial charge < -0.3 is 5.11 Å². The molecule has 3 unspecified atom stereocenters. The summed E-state index contributed by atoms with van der Waals surface area (Å²) in [6.07, 6.45) is 4.84. The fraction of sp³-hybridized carbons (Fsp3) is 1.00. The quantitative estimate of drug-likeness (QED) is 0.565. The highest BCUT2D eigenvalue weighted by Crippen LogP contribution is 2.58. The van der Waals surface area contributed by atoms with E-state index in [9.17, 15) is 5.11 Å². The molecule has 2 aliphatic rings. The molecule has 9 heavy (non-hydrogen) atoms. The van der Waals surface area contributed by atoms with Crippen LogP contribution in [0.25, 0.3) is 0 Å².